The number of hydrogen-bond acceptors (Lipinski definition) is 4. The number of hydrogen-bond donors (Lipinski definition) is 4. The molecule has 0 aliphatic rings. The molecule has 0 bridgehead atoms. The number of aliphatic hydroxyl groups is 2. The first-order valence-corrected chi connectivity index (χ1v) is 18.7. The van der Waals surface area contributed by atoms with Crippen molar-refractivity contribution in [3.8, 4) is 0 Å². The summed E-state index contributed by atoms with van der Waals surface area (Å²) in [5, 5.41) is 16.3. The topological polar surface area (TPSA) is 80.9 Å². The molecule has 0 saturated carbocycles. The molecule has 0 aromatic rings. The van der Waals surface area contributed by atoms with E-state index in [0.717, 1.165) is 74.8 Å². The molecule has 0 rings (SSSR count). The van der Waals surface area contributed by atoms with E-state index >= 15 is 0 Å². The van der Waals surface area contributed by atoms with Crippen molar-refractivity contribution in [2.24, 2.45) is 11.8 Å². The monoisotopic (exact) mass is 544 g/mol. The Morgan fingerprint density at radius 2 is 0.576 bits per heavy atom. The van der Waals surface area contributed by atoms with E-state index < -0.39 is 16.6 Å². The van der Waals surface area contributed by atoms with Gasteiger partial charge in [0.05, 0.1) is 0 Å². The van der Waals surface area contributed by atoms with Gasteiger partial charge < -0.3 is 19.8 Å². The molecule has 0 heterocycles. The van der Waals surface area contributed by atoms with Crippen LogP contribution in [-0.4, -0.2) is 49.7 Å². The van der Waals surface area contributed by atoms with E-state index in [1.54, 1.807) is 0 Å². The molecule has 0 atom stereocenters. The smallest absolute Gasteiger partial charge is 0.188 e. The summed E-state index contributed by atoms with van der Waals surface area (Å²) < 4.78 is 0. The molecule has 0 unspecified atom stereocenters. The first-order valence-electron chi connectivity index (χ1n) is 13.6. The zero-order valence-corrected chi connectivity index (χ0v) is 27.9. The summed E-state index contributed by atoms with van der Waals surface area (Å²) in [7, 11) is -3.50. The van der Waals surface area contributed by atoms with Crippen molar-refractivity contribution in [3.63, 3.8) is 0 Å². The first-order chi connectivity index (χ1) is 14.9. The van der Waals surface area contributed by atoms with Crippen molar-refractivity contribution < 1.29 is 41.5 Å². The molecule has 0 radical (unpaired) electrons. The quantitative estimate of drug-likeness (QED) is 0.170. The molecule has 4 nitrogen and oxygen atoms in total. The Morgan fingerprint density at radius 3 is 0.636 bits per heavy atom. The van der Waals surface area contributed by atoms with Gasteiger partial charge in [-0.05, 0) is 48.1 Å². The van der Waals surface area contributed by atoms with E-state index in [1.807, 2.05) is 27.7 Å². The fourth-order valence-electron chi connectivity index (χ4n) is 3.54. The maximum absolute atomic E-state index is 10.2. The second kappa shape index (κ2) is 31.0. The van der Waals surface area contributed by atoms with Gasteiger partial charge in [0, 0.05) is 34.9 Å². The minimum absolute atomic E-state index is 0. The van der Waals surface area contributed by atoms with Crippen LogP contribution in [-0.2, 0) is 21.7 Å². The van der Waals surface area contributed by atoms with Gasteiger partial charge in [0.25, 0.3) is 0 Å². The van der Waals surface area contributed by atoms with Crippen LogP contribution in [0, 0.1) is 11.8 Å². The molecule has 0 aliphatic carbocycles. The van der Waals surface area contributed by atoms with Gasteiger partial charge in [0.1, 0.15) is 0 Å². The van der Waals surface area contributed by atoms with E-state index in [2.05, 4.69) is 41.5 Å². The fourth-order valence-corrected chi connectivity index (χ4v) is 10.6. The van der Waals surface area contributed by atoms with Gasteiger partial charge in [-0.25, -0.2) is 0 Å². The maximum Gasteiger partial charge on any atom is 0.188 e. The maximum atomic E-state index is 10.2. The van der Waals surface area contributed by atoms with Crippen LogP contribution in [0.4, 0.5) is 0 Å². The van der Waals surface area contributed by atoms with E-state index in [-0.39, 0.29) is 21.7 Å². The van der Waals surface area contributed by atoms with Crippen LogP contribution in [0.2, 0.25) is 36.3 Å². The SMILES string of the molecule is CC(C)CO.CC(C)CO.CCC[Si](O)(CCC)CCC.CCC[Si](O)(CCC)CCC.[Ti]. The zero-order valence-electron chi connectivity index (χ0n) is 24.3. The Hall–Kier alpha value is 0.988. The van der Waals surface area contributed by atoms with Gasteiger partial charge in [0.15, 0.2) is 16.6 Å². The largest absolute Gasteiger partial charge is 0.432 e. The van der Waals surface area contributed by atoms with Gasteiger partial charge in [0.2, 0.25) is 0 Å². The molecule has 0 aromatic carbocycles. The molecule has 4 N–H and O–H groups in total. The molecule has 0 amide bonds. The Labute approximate surface area is 226 Å². The Morgan fingerprint density at radius 1 is 0.455 bits per heavy atom. The third-order valence-corrected chi connectivity index (χ3v) is 13.6. The van der Waals surface area contributed by atoms with E-state index in [0.29, 0.717) is 25.0 Å². The van der Waals surface area contributed by atoms with Crippen molar-refractivity contribution >= 4 is 16.6 Å². The molecule has 0 spiro atoms. The van der Waals surface area contributed by atoms with Gasteiger partial charge >= 0.3 is 0 Å². The molecular formula is C26H64O4Si2Ti. The minimum atomic E-state index is -1.75. The van der Waals surface area contributed by atoms with Crippen LogP contribution in [0.5, 0.6) is 0 Å². The van der Waals surface area contributed by atoms with Gasteiger partial charge in [-0.2, -0.15) is 0 Å². The minimum Gasteiger partial charge on any atom is -0.432 e. The second-order valence-corrected chi connectivity index (χ2v) is 18.0. The van der Waals surface area contributed by atoms with E-state index in [4.69, 9.17) is 10.2 Å². The van der Waals surface area contributed by atoms with Crippen LogP contribution in [0.1, 0.15) is 108 Å². The van der Waals surface area contributed by atoms with Crippen molar-refractivity contribution in [2.75, 3.05) is 13.2 Å². The van der Waals surface area contributed by atoms with Crippen LogP contribution in [0.25, 0.3) is 0 Å². The Kier molecular flexibility index (Phi) is 41.4. The normalized spacial score (nSPS) is 10.9. The standard InChI is InChI=1S/2C9H22OSi.2C4H10O.Ti/c2*1-4-7-11(10,8-5-2)9-6-3;2*1-4(2)3-5;/h2*10H,4-9H2,1-3H3;2*4-5H,3H2,1-2H3;. The van der Waals surface area contributed by atoms with E-state index in [1.165, 1.54) is 0 Å². The summed E-state index contributed by atoms with van der Waals surface area (Å²) in [6.45, 7) is 21.5. The van der Waals surface area contributed by atoms with E-state index in [9.17, 15) is 9.59 Å². The fraction of sp³-hybridized carbons (Fsp3) is 1.00. The molecule has 7 heteroatoms. The van der Waals surface area contributed by atoms with Crippen LogP contribution in [0.3, 0.4) is 0 Å². The molecule has 0 aliphatic heterocycles. The van der Waals surface area contributed by atoms with Gasteiger partial charge in [-0.3, -0.25) is 0 Å². The summed E-state index contributed by atoms with van der Waals surface area (Å²) in [5.41, 5.74) is 0. The van der Waals surface area contributed by atoms with Crippen LogP contribution >= 0.6 is 0 Å². The van der Waals surface area contributed by atoms with Gasteiger partial charge in [-0.1, -0.05) is 108 Å². The van der Waals surface area contributed by atoms with Crippen LogP contribution < -0.4 is 0 Å². The van der Waals surface area contributed by atoms with Crippen LogP contribution in [0.15, 0.2) is 0 Å². The molecular weight excluding hydrogens is 480 g/mol. The molecule has 33 heavy (non-hydrogen) atoms. The van der Waals surface area contributed by atoms with Crippen molar-refractivity contribution in [1.29, 1.82) is 0 Å². The predicted molar refractivity (Wildman–Crippen MR) is 150 cm³/mol. The zero-order chi connectivity index (χ0) is 26.1. The third kappa shape index (κ3) is 37.7. The summed E-state index contributed by atoms with van der Waals surface area (Å²) in [6.07, 6.45) is 6.93. The summed E-state index contributed by atoms with van der Waals surface area (Å²) >= 11 is 0. The summed E-state index contributed by atoms with van der Waals surface area (Å²) in [4.78, 5) is 20.3. The molecule has 0 fully saturated rings. The predicted octanol–water partition coefficient (Wildman–Crippen LogP) is 7.58. The Balaban J connectivity index is -0.000000112. The summed E-state index contributed by atoms with van der Waals surface area (Å²) in [6, 6.07) is 6.64. The van der Waals surface area contributed by atoms with Crippen molar-refractivity contribution in [1.82, 2.24) is 0 Å². The molecule has 0 saturated heterocycles. The van der Waals surface area contributed by atoms with Crippen molar-refractivity contribution in [2.45, 2.75) is 144 Å². The molecule has 0 aromatic heterocycles. The third-order valence-electron chi connectivity index (χ3n) is 5.02. The number of aliphatic hydroxyl groups excluding tert-OH is 2. The number of rotatable bonds is 14. The second-order valence-electron chi connectivity index (χ2n) is 10.1. The Bertz CT molecular complexity index is 280. The first kappa shape index (κ1) is 44.0. The average Bonchev–Trinajstić information content (AvgIpc) is 2.70. The average molecular weight is 545 g/mol. The van der Waals surface area contributed by atoms with Crippen molar-refractivity contribution in [3.05, 3.63) is 0 Å². The molecule has 204 valence electrons. The van der Waals surface area contributed by atoms with Gasteiger partial charge in [-0.15, -0.1) is 0 Å². The summed E-state index contributed by atoms with van der Waals surface area (Å²) in [5.74, 6) is 0.880.